The maximum Gasteiger partial charge on any atom is 0.306 e. The lowest BCUT2D eigenvalue weighted by atomic mass is 10.1. The zero-order valence-corrected chi connectivity index (χ0v) is 24.8. The van der Waals surface area contributed by atoms with Crippen LogP contribution in [0.4, 0.5) is 0 Å². The minimum Gasteiger partial charge on any atom is -0.756 e. The summed E-state index contributed by atoms with van der Waals surface area (Å²) in [5.74, 6) is -0.400. The highest BCUT2D eigenvalue weighted by molar-refractivity contribution is 7.45. The van der Waals surface area contributed by atoms with Gasteiger partial charge in [0.2, 0.25) is 0 Å². The van der Waals surface area contributed by atoms with E-state index in [1.54, 1.807) is 0 Å². The quantitative estimate of drug-likeness (QED) is 0.0502. The van der Waals surface area contributed by atoms with Crippen molar-refractivity contribution in [2.24, 2.45) is 0 Å². The number of phosphoric ester groups is 1. The van der Waals surface area contributed by atoms with Crippen molar-refractivity contribution in [2.75, 3.05) is 54.1 Å². The predicted molar refractivity (Wildman–Crippen MR) is 148 cm³/mol. The molecule has 0 aromatic carbocycles. The number of esters is 1. The molecule has 0 aliphatic carbocycles. The zero-order valence-electron chi connectivity index (χ0n) is 23.9. The first kappa shape index (κ1) is 35.7. The maximum absolute atomic E-state index is 12.0. The van der Waals surface area contributed by atoms with Gasteiger partial charge in [0.15, 0.2) is 0 Å². The van der Waals surface area contributed by atoms with E-state index in [0.29, 0.717) is 24.1 Å². The van der Waals surface area contributed by atoms with E-state index in [1.807, 2.05) is 28.1 Å². The standard InChI is InChI=1S/C28H52NO7P/c1-6-8-9-10-11-12-13-14-15-16-17-18-19-20-23-33-25-27(36-28(30)21-7-2)26-35-37(31,32)34-24-22-29(3,4)5/h8-9,11-12,14-15,27H,6-7,10,13,16-26H2,1-5H3/b9-8-,12-11-,15-14-. The number of nitrogens with zero attached hydrogens (tertiary/aromatic N) is 1. The van der Waals surface area contributed by atoms with Crippen LogP contribution in [0.1, 0.15) is 78.1 Å². The van der Waals surface area contributed by atoms with E-state index in [-0.39, 0.29) is 26.2 Å². The fourth-order valence-electron chi connectivity index (χ4n) is 3.06. The average Bonchev–Trinajstić information content (AvgIpc) is 2.81. The highest BCUT2D eigenvalue weighted by atomic mass is 31.2. The first-order valence-corrected chi connectivity index (χ1v) is 15.2. The van der Waals surface area contributed by atoms with Crippen molar-refractivity contribution in [3.8, 4) is 0 Å². The molecule has 0 rings (SSSR count). The topological polar surface area (TPSA) is 94.1 Å². The van der Waals surface area contributed by atoms with Gasteiger partial charge >= 0.3 is 5.97 Å². The molecule has 37 heavy (non-hydrogen) atoms. The van der Waals surface area contributed by atoms with Crippen molar-refractivity contribution >= 4 is 13.8 Å². The predicted octanol–water partition coefficient (Wildman–Crippen LogP) is 5.73. The lowest BCUT2D eigenvalue weighted by Crippen LogP contribution is -2.37. The fraction of sp³-hybridized carbons (Fsp3) is 0.750. The van der Waals surface area contributed by atoms with Crippen molar-refractivity contribution in [2.45, 2.75) is 84.2 Å². The Balaban J connectivity index is 4.11. The summed E-state index contributed by atoms with van der Waals surface area (Å²) < 4.78 is 33.5. The molecule has 2 unspecified atom stereocenters. The van der Waals surface area contributed by atoms with Crippen molar-refractivity contribution in [3.05, 3.63) is 36.5 Å². The van der Waals surface area contributed by atoms with Gasteiger partial charge in [-0.3, -0.25) is 9.36 Å². The van der Waals surface area contributed by atoms with Crippen LogP contribution in [0.15, 0.2) is 36.5 Å². The highest BCUT2D eigenvalue weighted by Gasteiger charge is 2.20. The summed E-state index contributed by atoms with van der Waals surface area (Å²) in [5.41, 5.74) is 0. The molecule has 9 heteroatoms. The number of hydrogen-bond acceptors (Lipinski definition) is 7. The Bertz CT molecular complexity index is 701. The normalized spacial score (nSPS) is 15.1. The van der Waals surface area contributed by atoms with Gasteiger partial charge in [-0.15, -0.1) is 0 Å². The molecule has 0 heterocycles. The van der Waals surface area contributed by atoms with Gasteiger partial charge in [-0.1, -0.05) is 63.1 Å². The lowest BCUT2D eigenvalue weighted by molar-refractivity contribution is -0.870. The highest BCUT2D eigenvalue weighted by Crippen LogP contribution is 2.38. The van der Waals surface area contributed by atoms with E-state index < -0.39 is 19.9 Å². The SMILES string of the molecule is CC/C=C\C/C=C\C/C=C\CCCCCCOCC(COP(=O)([O-])OCC[N+](C)(C)C)OC(=O)CCC. The Morgan fingerprint density at radius 2 is 1.51 bits per heavy atom. The Morgan fingerprint density at radius 1 is 0.865 bits per heavy atom. The molecule has 0 aliphatic rings. The number of likely N-dealkylation sites (N-methyl/N-ethyl adjacent to an activating group) is 1. The first-order chi connectivity index (χ1) is 17.6. The van der Waals surface area contributed by atoms with Crippen LogP contribution in [-0.2, 0) is 27.9 Å². The smallest absolute Gasteiger partial charge is 0.306 e. The Labute approximate surface area is 225 Å². The van der Waals surface area contributed by atoms with E-state index >= 15 is 0 Å². The summed E-state index contributed by atoms with van der Waals surface area (Å²) in [5, 5.41) is 0. The van der Waals surface area contributed by atoms with Gasteiger partial charge in [-0.25, -0.2) is 0 Å². The number of ether oxygens (including phenoxy) is 2. The molecule has 0 spiro atoms. The van der Waals surface area contributed by atoms with E-state index in [9.17, 15) is 14.3 Å². The van der Waals surface area contributed by atoms with Crippen LogP contribution in [0.5, 0.6) is 0 Å². The summed E-state index contributed by atoms with van der Waals surface area (Å²) >= 11 is 0. The summed E-state index contributed by atoms with van der Waals surface area (Å²) in [6.07, 6.45) is 21.6. The third-order valence-corrected chi connectivity index (χ3v) is 6.14. The summed E-state index contributed by atoms with van der Waals surface area (Å²) in [7, 11) is 1.32. The first-order valence-electron chi connectivity index (χ1n) is 13.7. The van der Waals surface area contributed by atoms with Gasteiger partial charge in [0.05, 0.1) is 34.4 Å². The second kappa shape index (κ2) is 22.7. The fourth-order valence-corrected chi connectivity index (χ4v) is 3.79. The Morgan fingerprint density at radius 3 is 2.16 bits per heavy atom. The van der Waals surface area contributed by atoms with Crippen LogP contribution >= 0.6 is 7.82 Å². The van der Waals surface area contributed by atoms with E-state index in [2.05, 4.69) is 43.4 Å². The van der Waals surface area contributed by atoms with Crippen molar-refractivity contribution in [3.63, 3.8) is 0 Å². The third-order valence-electron chi connectivity index (χ3n) is 5.18. The number of allylic oxidation sites excluding steroid dienone is 6. The molecule has 0 bridgehead atoms. The molecule has 0 amide bonds. The molecule has 0 aromatic heterocycles. The van der Waals surface area contributed by atoms with Crippen molar-refractivity contribution < 1.29 is 37.3 Å². The van der Waals surface area contributed by atoms with Crippen LogP contribution in [-0.4, -0.2) is 70.7 Å². The molecule has 0 aliphatic heterocycles. The van der Waals surface area contributed by atoms with E-state index in [0.717, 1.165) is 51.4 Å². The Hall–Kier alpha value is -1.28. The second-order valence-corrected chi connectivity index (χ2v) is 11.4. The average molecular weight is 546 g/mol. The molecule has 0 saturated carbocycles. The summed E-state index contributed by atoms with van der Waals surface area (Å²) in [6.45, 7) is 4.82. The van der Waals surface area contributed by atoms with Crippen LogP contribution in [0.2, 0.25) is 0 Å². The van der Waals surface area contributed by atoms with Crippen molar-refractivity contribution in [1.29, 1.82) is 0 Å². The molecule has 0 radical (unpaired) electrons. The van der Waals surface area contributed by atoms with E-state index in [1.165, 1.54) is 0 Å². The van der Waals surface area contributed by atoms with Gasteiger partial charge in [0.25, 0.3) is 7.82 Å². The molecule has 8 nitrogen and oxygen atoms in total. The molecule has 0 aromatic rings. The van der Waals surface area contributed by atoms with Gasteiger partial charge in [0.1, 0.15) is 19.3 Å². The molecule has 2 atom stereocenters. The minimum atomic E-state index is -4.49. The number of unbranched alkanes of at least 4 members (excludes halogenated alkanes) is 4. The molecular formula is C28H52NO7P. The number of quaternary nitrogens is 1. The monoisotopic (exact) mass is 545 g/mol. The number of phosphoric acid groups is 1. The minimum absolute atomic E-state index is 0.0187. The number of carbonyl (C=O) groups excluding carboxylic acids is 1. The van der Waals surface area contributed by atoms with Crippen LogP contribution in [0.25, 0.3) is 0 Å². The van der Waals surface area contributed by atoms with Gasteiger partial charge in [-0.2, -0.15) is 0 Å². The van der Waals surface area contributed by atoms with Crippen LogP contribution in [0, 0.1) is 0 Å². The van der Waals surface area contributed by atoms with E-state index in [4.69, 9.17) is 18.5 Å². The summed E-state index contributed by atoms with van der Waals surface area (Å²) in [6, 6.07) is 0. The number of hydrogen-bond donors (Lipinski definition) is 0. The third kappa shape index (κ3) is 26.1. The number of rotatable bonds is 24. The van der Waals surface area contributed by atoms with Crippen molar-refractivity contribution in [1.82, 2.24) is 0 Å². The lowest BCUT2D eigenvalue weighted by Gasteiger charge is -2.28. The molecule has 0 saturated heterocycles. The van der Waals surface area contributed by atoms with Crippen LogP contribution < -0.4 is 4.89 Å². The molecule has 216 valence electrons. The maximum atomic E-state index is 12.0. The molecule has 0 N–H and O–H groups in total. The number of carbonyl (C=O) groups is 1. The van der Waals surface area contributed by atoms with Gasteiger partial charge < -0.3 is 27.9 Å². The Kier molecular flexibility index (Phi) is 21.9. The van der Waals surface area contributed by atoms with Gasteiger partial charge in [0, 0.05) is 13.0 Å². The molecular weight excluding hydrogens is 493 g/mol. The largest absolute Gasteiger partial charge is 0.756 e. The summed E-state index contributed by atoms with van der Waals surface area (Å²) in [4.78, 5) is 23.9. The van der Waals surface area contributed by atoms with Gasteiger partial charge in [-0.05, 0) is 44.9 Å². The molecule has 0 fully saturated rings. The van der Waals surface area contributed by atoms with Crippen LogP contribution in [0.3, 0.4) is 0 Å². The second-order valence-electron chi connectivity index (χ2n) is 10.0. The zero-order chi connectivity index (χ0) is 27.8.